The van der Waals surface area contributed by atoms with E-state index >= 15 is 0 Å². The van der Waals surface area contributed by atoms with E-state index in [1.54, 1.807) is 24.3 Å². The molecule has 0 saturated heterocycles. The van der Waals surface area contributed by atoms with Crippen molar-refractivity contribution in [3.63, 3.8) is 0 Å². The third-order valence-corrected chi connectivity index (χ3v) is 8.13. The Morgan fingerprint density at radius 1 is 1.29 bits per heavy atom. The lowest BCUT2D eigenvalue weighted by atomic mass is 9.72. The zero-order chi connectivity index (χ0) is 17.8. The van der Waals surface area contributed by atoms with Crippen LogP contribution in [0, 0.1) is 11.8 Å². The van der Waals surface area contributed by atoms with Crippen molar-refractivity contribution in [1.29, 1.82) is 0 Å². The number of sulfone groups is 1. The molecule has 1 aromatic rings. The van der Waals surface area contributed by atoms with Gasteiger partial charge in [0.1, 0.15) is 0 Å². The summed E-state index contributed by atoms with van der Waals surface area (Å²) in [7, 11) is -3.45. The monoisotopic (exact) mass is 346 g/mol. The molecule has 132 valence electrons. The van der Waals surface area contributed by atoms with Crippen LogP contribution in [-0.2, 0) is 9.84 Å². The predicted molar refractivity (Wildman–Crippen MR) is 102 cm³/mol. The molecule has 1 fully saturated rings. The van der Waals surface area contributed by atoms with E-state index in [4.69, 9.17) is 0 Å². The van der Waals surface area contributed by atoms with E-state index in [9.17, 15) is 8.42 Å². The fraction of sp³-hybridized carbons (Fsp3) is 0.524. The quantitative estimate of drug-likeness (QED) is 0.478. The molecule has 0 N–H and O–H groups in total. The highest BCUT2D eigenvalue weighted by Gasteiger charge is 2.49. The lowest BCUT2D eigenvalue weighted by Gasteiger charge is -2.43. The third kappa shape index (κ3) is 3.51. The molecule has 0 aromatic heterocycles. The summed E-state index contributed by atoms with van der Waals surface area (Å²) >= 11 is 0. The molecule has 0 amide bonds. The Morgan fingerprint density at radius 2 is 1.96 bits per heavy atom. The fourth-order valence-electron chi connectivity index (χ4n) is 3.90. The summed E-state index contributed by atoms with van der Waals surface area (Å²) in [6.45, 7) is 12.4. The number of rotatable bonds is 7. The molecule has 3 heteroatoms. The Kier molecular flexibility index (Phi) is 6.08. The minimum atomic E-state index is -3.45. The number of unbranched alkanes of at least 4 members (excludes halogenated alkanes) is 1. The maximum absolute atomic E-state index is 13.6. The predicted octanol–water partition coefficient (Wildman–Crippen LogP) is 5.57. The first-order chi connectivity index (χ1) is 11.3. The minimum absolute atomic E-state index is 0.425. The smallest absolute Gasteiger partial charge is 0.187 e. The molecule has 1 aliphatic carbocycles. The summed E-state index contributed by atoms with van der Waals surface area (Å²) < 4.78 is 26.4. The van der Waals surface area contributed by atoms with Crippen LogP contribution in [0.15, 0.2) is 60.0 Å². The molecule has 1 unspecified atom stereocenters. The minimum Gasteiger partial charge on any atom is -0.223 e. The van der Waals surface area contributed by atoms with Crippen LogP contribution in [0.3, 0.4) is 0 Å². The highest BCUT2D eigenvalue weighted by molar-refractivity contribution is 7.93. The first-order valence-electron chi connectivity index (χ1n) is 8.94. The largest absolute Gasteiger partial charge is 0.223 e. The van der Waals surface area contributed by atoms with Gasteiger partial charge >= 0.3 is 0 Å². The van der Waals surface area contributed by atoms with Crippen molar-refractivity contribution >= 4 is 9.84 Å². The van der Waals surface area contributed by atoms with Crippen LogP contribution < -0.4 is 0 Å². The summed E-state index contributed by atoms with van der Waals surface area (Å²) in [6, 6.07) is 8.90. The van der Waals surface area contributed by atoms with Crippen LogP contribution >= 0.6 is 0 Å². The van der Waals surface area contributed by atoms with Gasteiger partial charge in [0, 0.05) is 0 Å². The Morgan fingerprint density at radius 3 is 2.54 bits per heavy atom. The topological polar surface area (TPSA) is 34.1 Å². The second-order valence-electron chi connectivity index (χ2n) is 7.34. The standard InChI is InChI=1S/C21H30O2S/c1-5-6-10-15-21(16-19(17(2)3)14-13-18(21)4)24(22,23)20-11-8-7-9-12-20/h5,7-9,11-12,17,19H,1,4,6,10,13-16H2,2-3H3/t19-,21?/m0/s1. The summed E-state index contributed by atoms with van der Waals surface area (Å²) in [6.07, 6.45) is 6.72. The zero-order valence-electron chi connectivity index (χ0n) is 15.0. The van der Waals surface area contributed by atoms with E-state index in [1.165, 1.54) is 0 Å². The number of benzene rings is 1. The van der Waals surface area contributed by atoms with Gasteiger partial charge in [-0.3, -0.25) is 0 Å². The van der Waals surface area contributed by atoms with Gasteiger partial charge in [-0.25, -0.2) is 8.42 Å². The van der Waals surface area contributed by atoms with Gasteiger partial charge in [0.15, 0.2) is 9.84 Å². The number of hydrogen-bond acceptors (Lipinski definition) is 2. The summed E-state index contributed by atoms with van der Waals surface area (Å²) in [5.74, 6) is 0.917. The van der Waals surface area contributed by atoms with Crippen molar-refractivity contribution < 1.29 is 8.42 Å². The molecule has 0 spiro atoms. The van der Waals surface area contributed by atoms with Gasteiger partial charge < -0.3 is 0 Å². The van der Waals surface area contributed by atoms with Crippen LogP contribution in [-0.4, -0.2) is 13.2 Å². The van der Waals surface area contributed by atoms with Crippen LogP contribution in [0.4, 0.5) is 0 Å². The molecular formula is C21H30O2S. The molecule has 24 heavy (non-hydrogen) atoms. The third-order valence-electron chi connectivity index (χ3n) is 5.55. The van der Waals surface area contributed by atoms with E-state index in [0.29, 0.717) is 29.6 Å². The lowest BCUT2D eigenvalue weighted by Crippen LogP contribution is -2.45. The average molecular weight is 347 g/mol. The van der Waals surface area contributed by atoms with Crippen LogP contribution in [0.5, 0.6) is 0 Å². The van der Waals surface area contributed by atoms with Crippen molar-refractivity contribution in [2.75, 3.05) is 0 Å². The lowest BCUT2D eigenvalue weighted by molar-refractivity contribution is 0.262. The second-order valence-corrected chi connectivity index (χ2v) is 9.60. The molecule has 2 nitrogen and oxygen atoms in total. The van der Waals surface area contributed by atoms with Gasteiger partial charge in [-0.05, 0) is 62.5 Å². The number of hydrogen-bond donors (Lipinski definition) is 0. The van der Waals surface area contributed by atoms with E-state index in [-0.39, 0.29) is 0 Å². The van der Waals surface area contributed by atoms with Gasteiger partial charge in [0.05, 0.1) is 9.64 Å². The highest BCUT2D eigenvalue weighted by Crippen LogP contribution is 2.48. The van der Waals surface area contributed by atoms with Gasteiger partial charge in [0.2, 0.25) is 0 Å². The van der Waals surface area contributed by atoms with Crippen molar-refractivity contribution in [3.8, 4) is 0 Å². The van der Waals surface area contributed by atoms with Gasteiger partial charge in [-0.15, -0.1) is 6.58 Å². The SMILES string of the molecule is C=CCCCC1(S(=O)(=O)c2ccccc2)C[C@@H](C(C)C)CCC1=C. The maximum atomic E-state index is 13.6. The van der Waals surface area contributed by atoms with E-state index in [1.807, 2.05) is 12.1 Å². The average Bonchev–Trinajstić information content (AvgIpc) is 2.57. The molecule has 2 rings (SSSR count). The molecule has 0 radical (unpaired) electrons. The molecule has 1 saturated carbocycles. The Hall–Kier alpha value is -1.35. The zero-order valence-corrected chi connectivity index (χ0v) is 15.8. The highest BCUT2D eigenvalue weighted by atomic mass is 32.2. The summed E-state index contributed by atoms with van der Waals surface area (Å²) in [4.78, 5) is 0.425. The fourth-order valence-corrected chi connectivity index (χ4v) is 6.19. The molecule has 1 aliphatic rings. The molecule has 1 aromatic carbocycles. The Bertz CT molecular complexity index is 673. The van der Waals surface area contributed by atoms with Crippen molar-refractivity contribution in [2.45, 2.75) is 62.0 Å². The van der Waals surface area contributed by atoms with Gasteiger partial charge in [-0.2, -0.15) is 0 Å². The van der Waals surface area contributed by atoms with Crippen molar-refractivity contribution in [1.82, 2.24) is 0 Å². The molecular weight excluding hydrogens is 316 g/mol. The van der Waals surface area contributed by atoms with Crippen molar-refractivity contribution in [2.24, 2.45) is 11.8 Å². The first kappa shape index (κ1) is 19.0. The first-order valence-corrected chi connectivity index (χ1v) is 10.4. The van der Waals surface area contributed by atoms with Crippen molar-refractivity contribution in [3.05, 3.63) is 55.1 Å². The molecule has 2 atom stereocenters. The van der Waals surface area contributed by atoms with Gasteiger partial charge in [-0.1, -0.05) is 50.3 Å². The van der Waals surface area contributed by atoms with E-state index in [0.717, 1.165) is 31.3 Å². The van der Waals surface area contributed by atoms with E-state index < -0.39 is 14.6 Å². The summed E-state index contributed by atoms with van der Waals surface area (Å²) in [5, 5.41) is 0. The molecule has 0 heterocycles. The van der Waals surface area contributed by atoms with Gasteiger partial charge in [0.25, 0.3) is 0 Å². The normalized spacial score (nSPS) is 25.0. The maximum Gasteiger partial charge on any atom is 0.187 e. The Labute approximate surface area is 147 Å². The Balaban J connectivity index is 2.50. The van der Waals surface area contributed by atoms with Crippen LogP contribution in [0.1, 0.15) is 52.4 Å². The van der Waals surface area contributed by atoms with Crippen LogP contribution in [0.25, 0.3) is 0 Å². The van der Waals surface area contributed by atoms with E-state index in [2.05, 4.69) is 27.0 Å². The second kappa shape index (κ2) is 7.69. The number of allylic oxidation sites excluding steroid dienone is 1. The molecule has 0 aliphatic heterocycles. The summed E-state index contributed by atoms with van der Waals surface area (Å²) in [5.41, 5.74) is 0.896. The van der Waals surface area contributed by atoms with Crippen LogP contribution in [0.2, 0.25) is 0 Å². The molecule has 0 bridgehead atoms.